The number of carbonyl (C=O) groups excluding carboxylic acids is 2. The Kier molecular flexibility index (Phi) is 35.4. The fourth-order valence-corrected chi connectivity index (χ4v) is 9.85. The third-order valence-corrected chi connectivity index (χ3v) is 14.3. The number of hydrogen-bond donors (Lipinski definition) is 9. The van der Waals surface area contributed by atoms with E-state index in [2.05, 4.69) is 13.8 Å². The van der Waals surface area contributed by atoms with E-state index in [1.807, 2.05) is 0 Å². The van der Waals surface area contributed by atoms with Gasteiger partial charge in [0.25, 0.3) is 0 Å². The van der Waals surface area contributed by atoms with Crippen LogP contribution in [0, 0.1) is 0 Å². The molecular formula is C50H95O18P. The maximum Gasteiger partial charge on any atom is 0.472 e. The summed E-state index contributed by atoms with van der Waals surface area (Å²) in [7, 11) is -5.37. The van der Waals surface area contributed by atoms with Crippen molar-refractivity contribution in [1.29, 1.82) is 0 Å². The minimum atomic E-state index is -5.37. The molecule has 19 heteroatoms. The molecule has 9 N–H and O–H groups in total. The first-order valence-corrected chi connectivity index (χ1v) is 28.4. The van der Waals surface area contributed by atoms with Crippen LogP contribution in [0.5, 0.6) is 0 Å². The summed E-state index contributed by atoms with van der Waals surface area (Å²) in [5, 5.41) is 83.0. The van der Waals surface area contributed by atoms with Crippen molar-refractivity contribution in [2.24, 2.45) is 0 Å². The van der Waals surface area contributed by atoms with E-state index in [1.165, 1.54) is 122 Å². The second kappa shape index (κ2) is 38.3. The molecule has 0 aromatic carbocycles. The zero-order valence-corrected chi connectivity index (χ0v) is 43.0. The number of phosphoric ester groups is 1. The highest BCUT2D eigenvalue weighted by Crippen LogP contribution is 2.48. The quantitative estimate of drug-likeness (QED) is 0.0174. The summed E-state index contributed by atoms with van der Waals surface area (Å²) in [5.41, 5.74) is 0. The van der Waals surface area contributed by atoms with Crippen LogP contribution in [0.3, 0.4) is 0 Å². The molecule has 0 bridgehead atoms. The molecule has 1 aliphatic heterocycles. The lowest BCUT2D eigenvalue weighted by atomic mass is 9.84. The van der Waals surface area contributed by atoms with Gasteiger partial charge in [0.15, 0.2) is 12.4 Å². The number of aliphatic hydroxyl groups excluding tert-OH is 8. The van der Waals surface area contributed by atoms with E-state index < -0.39 is 113 Å². The third-order valence-electron chi connectivity index (χ3n) is 13.3. The Morgan fingerprint density at radius 3 is 1.29 bits per heavy atom. The van der Waals surface area contributed by atoms with Gasteiger partial charge in [-0.2, -0.15) is 0 Å². The highest BCUT2D eigenvalue weighted by Gasteiger charge is 2.55. The number of phosphoric acid groups is 1. The Hall–Kier alpha value is -1.35. The molecule has 13 atom stereocenters. The van der Waals surface area contributed by atoms with Crippen molar-refractivity contribution < 1.29 is 87.9 Å². The first kappa shape index (κ1) is 63.8. The predicted octanol–water partition coefficient (Wildman–Crippen LogP) is 6.72. The summed E-state index contributed by atoms with van der Waals surface area (Å²) in [5.74, 6) is -1.20. The van der Waals surface area contributed by atoms with E-state index >= 15 is 0 Å². The van der Waals surface area contributed by atoms with E-state index in [9.17, 15) is 59.9 Å². The van der Waals surface area contributed by atoms with Crippen LogP contribution in [-0.4, -0.2) is 151 Å². The lowest BCUT2D eigenvalue weighted by Gasteiger charge is -2.47. The molecule has 69 heavy (non-hydrogen) atoms. The zero-order valence-electron chi connectivity index (χ0n) is 42.1. The zero-order chi connectivity index (χ0) is 50.9. The second-order valence-electron chi connectivity index (χ2n) is 19.4. The van der Waals surface area contributed by atoms with Crippen LogP contribution in [0.1, 0.15) is 213 Å². The average Bonchev–Trinajstić information content (AvgIpc) is 3.33. The first-order chi connectivity index (χ1) is 33.2. The number of ether oxygens (including phenoxy) is 4. The third kappa shape index (κ3) is 27.0. The van der Waals surface area contributed by atoms with Gasteiger partial charge in [-0.25, -0.2) is 4.57 Å². The van der Waals surface area contributed by atoms with Crippen molar-refractivity contribution >= 4 is 19.8 Å². The Balaban J connectivity index is 1.92. The largest absolute Gasteiger partial charge is 0.472 e. The second-order valence-corrected chi connectivity index (χ2v) is 20.8. The Bertz CT molecular complexity index is 1340. The van der Waals surface area contributed by atoms with E-state index in [0.717, 1.165) is 51.4 Å². The van der Waals surface area contributed by atoms with Crippen molar-refractivity contribution in [2.75, 3.05) is 19.8 Å². The highest BCUT2D eigenvalue weighted by molar-refractivity contribution is 7.47. The number of hydrogen-bond acceptors (Lipinski definition) is 17. The van der Waals surface area contributed by atoms with Gasteiger partial charge in [0.2, 0.25) is 0 Å². The van der Waals surface area contributed by atoms with Gasteiger partial charge in [-0.3, -0.25) is 18.6 Å². The van der Waals surface area contributed by atoms with Crippen LogP contribution in [0.2, 0.25) is 0 Å². The summed E-state index contributed by atoms with van der Waals surface area (Å²) in [6.07, 6.45) is 10.3. The van der Waals surface area contributed by atoms with E-state index in [-0.39, 0.29) is 12.8 Å². The maximum atomic E-state index is 13.4. The van der Waals surface area contributed by atoms with Gasteiger partial charge in [0, 0.05) is 12.8 Å². The SMILES string of the molecule is CCCCCCCCCCCCCCCCCC(=O)O[C@H](COC(=O)CCCCCCCCCCCCCCCC)COP(=O)(O)O[C@@H]1C(O)C(O)[C@@H](O)C(O)[C@H]1O[C@H]1OC(CO)[C@@H](O)C(O)[C@H]1O. The molecule has 18 nitrogen and oxygen atoms in total. The number of unbranched alkanes of at least 4 members (excludes halogenated alkanes) is 27. The summed E-state index contributed by atoms with van der Waals surface area (Å²) >= 11 is 0. The van der Waals surface area contributed by atoms with Gasteiger partial charge in [0.05, 0.1) is 13.2 Å². The van der Waals surface area contributed by atoms with E-state index in [0.29, 0.717) is 12.8 Å². The molecule has 1 heterocycles. The van der Waals surface area contributed by atoms with Crippen LogP contribution >= 0.6 is 7.82 Å². The van der Waals surface area contributed by atoms with Crippen LogP contribution in [-0.2, 0) is 42.1 Å². The fraction of sp³-hybridized carbons (Fsp3) is 0.960. The molecule has 1 saturated heterocycles. The smallest absolute Gasteiger partial charge is 0.462 e. The molecule has 0 amide bonds. The van der Waals surface area contributed by atoms with E-state index in [1.54, 1.807) is 0 Å². The van der Waals surface area contributed by atoms with Crippen molar-refractivity contribution in [1.82, 2.24) is 0 Å². The lowest BCUT2D eigenvalue weighted by molar-refractivity contribution is -0.338. The Morgan fingerprint density at radius 2 is 0.870 bits per heavy atom. The molecule has 0 aromatic heterocycles. The van der Waals surface area contributed by atoms with E-state index in [4.69, 9.17) is 28.0 Å². The number of rotatable bonds is 42. The molecule has 6 unspecified atom stereocenters. The van der Waals surface area contributed by atoms with Gasteiger partial charge in [-0.05, 0) is 12.8 Å². The lowest BCUT2D eigenvalue weighted by Crippen LogP contribution is -2.67. The van der Waals surface area contributed by atoms with Crippen molar-refractivity contribution in [3.8, 4) is 0 Å². The minimum absolute atomic E-state index is 0.0401. The Labute approximate surface area is 412 Å². The Morgan fingerprint density at radius 1 is 0.493 bits per heavy atom. The topological polar surface area (TPSA) is 289 Å². The van der Waals surface area contributed by atoms with Crippen molar-refractivity contribution in [2.45, 2.75) is 286 Å². The monoisotopic (exact) mass is 1010 g/mol. The van der Waals surface area contributed by atoms with Crippen LogP contribution in [0.4, 0.5) is 0 Å². The van der Waals surface area contributed by atoms with Gasteiger partial charge < -0.3 is 64.7 Å². The molecule has 0 aromatic rings. The standard InChI is InChI=1S/C50H95O18P/c1-3-5-7-9-11-13-15-17-19-21-23-25-27-29-31-33-40(53)65-37(35-63-39(52)32-30-28-26-24-22-20-18-16-14-12-10-8-6-4-2)36-64-69(61,62)68-49-46(59)44(57)43(56)45(58)48(49)67-50-47(60)42(55)41(54)38(34-51)66-50/h37-38,41-51,54-60H,3-36H2,1-2H3,(H,61,62)/t37-,38?,41-,42?,43-,44?,45?,46?,47-,48-,49-,50-/m1/s1. The molecule has 408 valence electrons. The number of carbonyl (C=O) groups is 2. The summed E-state index contributed by atoms with van der Waals surface area (Å²) in [4.78, 5) is 36.6. The van der Waals surface area contributed by atoms with Crippen molar-refractivity contribution in [3.05, 3.63) is 0 Å². The molecule has 2 fully saturated rings. The van der Waals surface area contributed by atoms with Gasteiger partial charge >= 0.3 is 19.8 Å². The summed E-state index contributed by atoms with van der Waals surface area (Å²) < 4.78 is 45.5. The number of esters is 2. The number of aliphatic hydroxyl groups is 8. The summed E-state index contributed by atoms with van der Waals surface area (Å²) in [6.45, 7) is 2.26. The molecule has 2 aliphatic rings. The van der Waals surface area contributed by atoms with Gasteiger partial charge in [0.1, 0.15) is 67.6 Å². The molecule has 0 spiro atoms. The highest BCUT2D eigenvalue weighted by atomic mass is 31.2. The fourth-order valence-electron chi connectivity index (χ4n) is 8.88. The van der Waals surface area contributed by atoms with Gasteiger partial charge in [-0.1, -0.05) is 187 Å². The van der Waals surface area contributed by atoms with Crippen molar-refractivity contribution in [3.63, 3.8) is 0 Å². The first-order valence-electron chi connectivity index (χ1n) is 26.9. The van der Waals surface area contributed by atoms with Gasteiger partial charge in [-0.15, -0.1) is 0 Å². The van der Waals surface area contributed by atoms with Crippen LogP contribution in [0.15, 0.2) is 0 Å². The van der Waals surface area contributed by atoms with Crippen LogP contribution < -0.4 is 0 Å². The minimum Gasteiger partial charge on any atom is -0.462 e. The normalized spacial score (nSPS) is 27.5. The molecule has 0 radical (unpaired) electrons. The van der Waals surface area contributed by atoms with Crippen LogP contribution in [0.25, 0.3) is 0 Å². The maximum absolute atomic E-state index is 13.4. The molecule has 1 saturated carbocycles. The molecular weight excluding hydrogens is 920 g/mol. The predicted molar refractivity (Wildman–Crippen MR) is 259 cm³/mol. The molecule has 2 rings (SSSR count). The average molecular weight is 1020 g/mol. The molecule has 1 aliphatic carbocycles. The summed E-state index contributed by atoms with van der Waals surface area (Å²) in [6, 6.07) is 0.